The number of anilines is 1. The first kappa shape index (κ1) is 14.4. The number of nitrogens with one attached hydrogen (secondary N) is 1. The van der Waals surface area contributed by atoms with Gasteiger partial charge >= 0.3 is 0 Å². The zero-order valence-corrected chi connectivity index (χ0v) is 14.0. The fourth-order valence-corrected chi connectivity index (χ4v) is 2.85. The van der Waals surface area contributed by atoms with Crippen LogP contribution in [-0.4, -0.2) is 5.91 Å². The Balaban J connectivity index is 1.99. The maximum atomic E-state index is 12.4. The van der Waals surface area contributed by atoms with E-state index in [1.165, 1.54) is 0 Å². The van der Waals surface area contributed by atoms with E-state index in [2.05, 4.69) is 27.9 Å². The summed E-state index contributed by atoms with van der Waals surface area (Å²) in [5.41, 5.74) is 2.21. The predicted octanol–water partition coefficient (Wildman–Crippen LogP) is 5.25. The van der Waals surface area contributed by atoms with E-state index in [9.17, 15) is 4.79 Å². The van der Waals surface area contributed by atoms with Gasteiger partial charge in [0, 0.05) is 19.5 Å². The van der Waals surface area contributed by atoms with Crippen molar-refractivity contribution in [3.8, 4) is 0 Å². The van der Waals surface area contributed by atoms with Crippen molar-refractivity contribution in [2.24, 2.45) is 0 Å². The van der Waals surface area contributed by atoms with Gasteiger partial charge < -0.3 is 9.73 Å². The van der Waals surface area contributed by atoms with E-state index in [0.29, 0.717) is 16.4 Å². The smallest absolute Gasteiger partial charge is 0.291 e. The fraction of sp³-hybridized carbons (Fsp3) is 0.0625. The summed E-state index contributed by atoms with van der Waals surface area (Å²) in [5, 5.41) is 4.35. The molecule has 0 fully saturated rings. The molecule has 0 bridgehead atoms. The molecule has 3 nitrogen and oxygen atoms in total. The highest BCUT2D eigenvalue weighted by molar-refractivity contribution is 14.1. The third-order valence-corrected chi connectivity index (χ3v) is 4.40. The second-order valence-corrected chi connectivity index (χ2v) is 6.23. The molecule has 1 heterocycles. The van der Waals surface area contributed by atoms with E-state index in [-0.39, 0.29) is 5.91 Å². The molecule has 0 radical (unpaired) electrons. The summed E-state index contributed by atoms with van der Waals surface area (Å²) < 4.78 is 6.63. The monoisotopic (exact) mass is 411 g/mol. The van der Waals surface area contributed by atoms with Crippen LogP contribution in [0.5, 0.6) is 0 Å². The molecule has 21 heavy (non-hydrogen) atoms. The van der Waals surface area contributed by atoms with Crippen LogP contribution in [-0.2, 0) is 0 Å². The molecule has 3 rings (SSSR count). The summed E-state index contributed by atoms with van der Waals surface area (Å²) in [6, 6.07) is 12.9. The molecule has 0 aliphatic heterocycles. The standard InChI is InChI=1S/C16H11ClINO2/c1-9-11-8-10(17)6-7-14(11)21-15(9)16(20)19-13-5-3-2-4-12(13)18/h2-8H,1H3,(H,19,20). The topological polar surface area (TPSA) is 42.2 Å². The first-order chi connectivity index (χ1) is 10.1. The largest absolute Gasteiger partial charge is 0.451 e. The van der Waals surface area contributed by atoms with Crippen LogP contribution in [0.25, 0.3) is 11.0 Å². The van der Waals surface area contributed by atoms with Gasteiger partial charge in [0.25, 0.3) is 5.91 Å². The third-order valence-electron chi connectivity index (χ3n) is 3.23. The van der Waals surface area contributed by atoms with Gasteiger partial charge in [-0.05, 0) is 59.8 Å². The van der Waals surface area contributed by atoms with E-state index < -0.39 is 0 Å². The summed E-state index contributed by atoms with van der Waals surface area (Å²) in [6.07, 6.45) is 0. The van der Waals surface area contributed by atoms with E-state index in [4.69, 9.17) is 16.0 Å². The molecule has 106 valence electrons. The number of hydrogen-bond donors (Lipinski definition) is 1. The lowest BCUT2D eigenvalue weighted by Crippen LogP contribution is -2.12. The maximum absolute atomic E-state index is 12.4. The first-order valence-electron chi connectivity index (χ1n) is 6.31. The van der Waals surface area contributed by atoms with Crippen LogP contribution < -0.4 is 5.32 Å². The Kier molecular flexibility index (Phi) is 3.91. The molecule has 0 atom stereocenters. The molecule has 5 heteroatoms. The normalized spacial score (nSPS) is 10.8. The van der Waals surface area contributed by atoms with Gasteiger partial charge in [-0.2, -0.15) is 0 Å². The molecule has 1 N–H and O–H groups in total. The highest BCUT2D eigenvalue weighted by Crippen LogP contribution is 2.28. The van der Waals surface area contributed by atoms with Crippen LogP contribution in [0, 0.1) is 10.5 Å². The number of halogens is 2. The average molecular weight is 412 g/mol. The lowest BCUT2D eigenvalue weighted by atomic mass is 10.1. The molecule has 0 saturated heterocycles. The lowest BCUT2D eigenvalue weighted by Gasteiger charge is -2.05. The minimum atomic E-state index is -0.260. The second kappa shape index (κ2) is 5.69. The number of fused-ring (bicyclic) bond motifs is 1. The number of carbonyl (C=O) groups is 1. The van der Waals surface area contributed by atoms with Gasteiger partial charge in [-0.15, -0.1) is 0 Å². The van der Waals surface area contributed by atoms with E-state index in [1.807, 2.05) is 31.2 Å². The van der Waals surface area contributed by atoms with Gasteiger partial charge in [-0.1, -0.05) is 23.7 Å². The SMILES string of the molecule is Cc1c(C(=O)Nc2ccccc2I)oc2ccc(Cl)cc12. The van der Waals surface area contributed by atoms with Crippen molar-refractivity contribution in [2.45, 2.75) is 6.92 Å². The molecule has 2 aromatic carbocycles. The number of hydrogen-bond acceptors (Lipinski definition) is 2. The predicted molar refractivity (Wildman–Crippen MR) is 93.1 cm³/mol. The third kappa shape index (κ3) is 2.78. The van der Waals surface area contributed by atoms with Crippen LogP contribution in [0.4, 0.5) is 5.69 Å². The maximum Gasteiger partial charge on any atom is 0.291 e. The number of para-hydroxylation sites is 1. The zero-order valence-electron chi connectivity index (χ0n) is 11.1. The van der Waals surface area contributed by atoms with Crippen molar-refractivity contribution in [2.75, 3.05) is 5.32 Å². The molecule has 1 aromatic heterocycles. The molecule has 0 saturated carbocycles. The highest BCUT2D eigenvalue weighted by Gasteiger charge is 2.18. The number of furan rings is 1. The summed E-state index contributed by atoms with van der Waals surface area (Å²) >= 11 is 8.16. The Bertz CT molecular complexity index is 841. The van der Waals surface area contributed by atoms with E-state index >= 15 is 0 Å². The van der Waals surface area contributed by atoms with Crippen LogP contribution in [0.3, 0.4) is 0 Å². The molecule has 0 aliphatic carbocycles. The molecule has 1 amide bonds. The number of rotatable bonds is 2. The highest BCUT2D eigenvalue weighted by atomic mass is 127. The van der Waals surface area contributed by atoms with Crippen molar-refractivity contribution in [3.63, 3.8) is 0 Å². The summed E-state index contributed by atoms with van der Waals surface area (Å²) in [7, 11) is 0. The Hall–Kier alpha value is -1.53. The molecular formula is C16H11ClINO2. The zero-order chi connectivity index (χ0) is 15.0. The molecule has 0 spiro atoms. The number of aryl methyl sites for hydroxylation is 1. The van der Waals surface area contributed by atoms with Crippen molar-refractivity contribution < 1.29 is 9.21 Å². The molecule has 3 aromatic rings. The Morgan fingerprint density at radius 2 is 2.00 bits per heavy atom. The van der Waals surface area contributed by atoms with Crippen LogP contribution in [0.15, 0.2) is 46.9 Å². The van der Waals surface area contributed by atoms with Gasteiger partial charge in [0.2, 0.25) is 0 Å². The van der Waals surface area contributed by atoms with Gasteiger partial charge in [0.15, 0.2) is 5.76 Å². The summed E-state index contributed by atoms with van der Waals surface area (Å²) in [5.74, 6) is 0.0517. The Morgan fingerprint density at radius 3 is 2.76 bits per heavy atom. The van der Waals surface area contributed by atoms with Crippen molar-refractivity contribution >= 4 is 56.8 Å². The minimum absolute atomic E-state index is 0.260. The molecular weight excluding hydrogens is 401 g/mol. The summed E-state index contributed by atoms with van der Waals surface area (Å²) in [4.78, 5) is 12.4. The van der Waals surface area contributed by atoms with Gasteiger partial charge in [0.1, 0.15) is 5.58 Å². The lowest BCUT2D eigenvalue weighted by molar-refractivity contribution is 0.0998. The van der Waals surface area contributed by atoms with Gasteiger partial charge in [-0.3, -0.25) is 4.79 Å². The van der Waals surface area contributed by atoms with Gasteiger partial charge in [0.05, 0.1) is 5.69 Å². The van der Waals surface area contributed by atoms with Crippen molar-refractivity contribution in [1.29, 1.82) is 0 Å². The van der Waals surface area contributed by atoms with Crippen LogP contribution >= 0.6 is 34.2 Å². The second-order valence-electron chi connectivity index (χ2n) is 4.63. The Labute approximate surface area is 140 Å². The van der Waals surface area contributed by atoms with Crippen LogP contribution in [0.2, 0.25) is 5.02 Å². The number of carbonyl (C=O) groups excluding carboxylic acids is 1. The van der Waals surface area contributed by atoms with E-state index in [0.717, 1.165) is 20.2 Å². The number of amides is 1. The number of benzene rings is 2. The van der Waals surface area contributed by atoms with Crippen molar-refractivity contribution in [3.05, 3.63) is 62.4 Å². The average Bonchev–Trinajstić information content (AvgIpc) is 2.79. The van der Waals surface area contributed by atoms with Crippen LogP contribution in [0.1, 0.15) is 16.1 Å². The van der Waals surface area contributed by atoms with Gasteiger partial charge in [-0.25, -0.2) is 0 Å². The van der Waals surface area contributed by atoms with E-state index in [1.54, 1.807) is 18.2 Å². The Morgan fingerprint density at radius 1 is 1.24 bits per heavy atom. The summed E-state index contributed by atoms with van der Waals surface area (Å²) in [6.45, 7) is 1.85. The molecule has 0 unspecified atom stereocenters. The fourth-order valence-electron chi connectivity index (χ4n) is 2.15. The quantitative estimate of drug-likeness (QED) is 0.585. The minimum Gasteiger partial charge on any atom is -0.451 e. The van der Waals surface area contributed by atoms with Crippen molar-refractivity contribution in [1.82, 2.24) is 0 Å². The molecule has 0 aliphatic rings. The first-order valence-corrected chi connectivity index (χ1v) is 7.76.